The van der Waals surface area contributed by atoms with Gasteiger partial charge in [0.25, 0.3) is 5.91 Å². The van der Waals surface area contributed by atoms with Crippen LogP contribution in [0.15, 0.2) is 0 Å². The number of hydrogen-bond acceptors (Lipinski definition) is 3. The third-order valence-corrected chi connectivity index (χ3v) is 4.01. The number of ether oxygens (including phenoxy) is 1. The highest BCUT2D eigenvalue weighted by Crippen LogP contribution is 2.31. The number of esters is 1. The molecule has 1 aliphatic rings. The number of alkyl halides is 2. The summed E-state index contributed by atoms with van der Waals surface area (Å²) in [5.41, 5.74) is -0.879. The maximum absolute atomic E-state index is 14.6. The standard InChI is InChI=1S/C17H29F2NO3/c1-5-6-7-10-13(23-15(22)16(2,3)4)17(18,19)14(21)20-11-8-9-12-20/h13H,5-12H2,1-4H3. The van der Waals surface area contributed by atoms with Gasteiger partial charge in [0.05, 0.1) is 5.41 Å². The fraction of sp³-hybridized carbons (Fsp3) is 0.882. The van der Waals surface area contributed by atoms with Gasteiger partial charge in [0.15, 0.2) is 6.10 Å². The monoisotopic (exact) mass is 333 g/mol. The van der Waals surface area contributed by atoms with E-state index < -0.39 is 29.3 Å². The fourth-order valence-electron chi connectivity index (χ4n) is 2.47. The smallest absolute Gasteiger partial charge is 0.360 e. The van der Waals surface area contributed by atoms with Crippen LogP contribution < -0.4 is 0 Å². The lowest BCUT2D eigenvalue weighted by molar-refractivity contribution is -0.193. The Morgan fingerprint density at radius 3 is 2.17 bits per heavy atom. The second kappa shape index (κ2) is 8.06. The molecule has 1 saturated heterocycles. The average Bonchev–Trinajstić information content (AvgIpc) is 2.98. The van der Waals surface area contributed by atoms with Gasteiger partial charge in [0.1, 0.15) is 0 Å². The predicted octanol–water partition coefficient (Wildman–Crippen LogP) is 3.78. The topological polar surface area (TPSA) is 46.6 Å². The van der Waals surface area contributed by atoms with E-state index in [1.54, 1.807) is 20.8 Å². The second-order valence-electron chi connectivity index (χ2n) is 7.26. The third kappa shape index (κ3) is 5.43. The molecular formula is C17H29F2NO3. The van der Waals surface area contributed by atoms with Gasteiger partial charge in [-0.3, -0.25) is 9.59 Å². The summed E-state index contributed by atoms with van der Waals surface area (Å²) in [5.74, 6) is -5.58. The van der Waals surface area contributed by atoms with Crippen molar-refractivity contribution in [3.63, 3.8) is 0 Å². The first-order valence-corrected chi connectivity index (χ1v) is 8.49. The molecule has 0 aromatic carbocycles. The summed E-state index contributed by atoms with van der Waals surface area (Å²) in [6.07, 6.45) is 1.93. The van der Waals surface area contributed by atoms with E-state index in [4.69, 9.17) is 4.74 Å². The summed E-state index contributed by atoms with van der Waals surface area (Å²) in [6.45, 7) is 7.49. The highest BCUT2D eigenvalue weighted by Gasteiger charge is 2.52. The lowest BCUT2D eigenvalue weighted by atomic mass is 9.96. The third-order valence-electron chi connectivity index (χ3n) is 4.01. The van der Waals surface area contributed by atoms with Crippen LogP contribution in [0.25, 0.3) is 0 Å². The van der Waals surface area contributed by atoms with Gasteiger partial charge in [0.2, 0.25) is 0 Å². The fourth-order valence-corrected chi connectivity index (χ4v) is 2.47. The van der Waals surface area contributed by atoms with Gasteiger partial charge in [-0.2, -0.15) is 8.78 Å². The molecular weight excluding hydrogens is 304 g/mol. The molecule has 0 aromatic rings. The molecule has 0 radical (unpaired) electrons. The number of hydrogen-bond donors (Lipinski definition) is 0. The van der Waals surface area contributed by atoms with E-state index in [1.165, 1.54) is 4.90 Å². The van der Waals surface area contributed by atoms with Crippen LogP contribution in [0.1, 0.15) is 66.2 Å². The first kappa shape index (κ1) is 19.8. The molecule has 23 heavy (non-hydrogen) atoms. The summed E-state index contributed by atoms with van der Waals surface area (Å²) >= 11 is 0. The van der Waals surface area contributed by atoms with Crippen LogP contribution in [0.3, 0.4) is 0 Å². The molecule has 1 unspecified atom stereocenters. The highest BCUT2D eigenvalue weighted by atomic mass is 19.3. The Morgan fingerprint density at radius 1 is 1.13 bits per heavy atom. The second-order valence-corrected chi connectivity index (χ2v) is 7.26. The molecule has 134 valence electrons. The minimum absolute atomic E-state index is 0.00222. The van der Waals surface area contributed by atoms with Crippen molar-refractivity contribution in [3.8, 4) is 0 Å². The molecule has 0 aromatic heterocycles. The van der Waals surface area contributed by atoms with Gasteiger partial charge in [-0.1, -0.05) is 19.8 Å². The Morgan fingerprint density at radius 2 is 1.70 bits per heavy atom. The number of carbonyl (C=O) groups is 2. The number of amides is 1. The van der Waals surface area contributed by atoms with E-state index in [-0.39, 0.29) is 6.42 Å². The van der Waals surface area contributed by atoms with Gasteiger partial charge < -0.3 is 9.64 Å². The normalized spacial score (nSPS) is 17.2. The molecule has 1 atom stereocenters. The van der Waals surface area contributed by atoms with E-state index in [9.17, 15) is 18.4 Å². The number of nitrogens with zero attached hydrogens (tertiary/aromatic N) is 1. The first-order chi connectivity index (χ1) is 10.6. The molecule has 1 aliphatic heterocycles. The largest absolute Gasteiger partial charge is 0.455 e. The van der Waals surface area contributed by atoms with E-state index in [0.717, 1.165) is 25.7 Å². The molecule has 0 spiro atoms. The Bertz CT molecular complexity index is 413. The van der Waals surface area contributed by atoms with E-state index in [1.807, 2.05) is 6.92 Å². The summed E-state index contributed by atoms with van der Waals surface area (Å²) < 4.78 is 34.4. The molecule has 0 saturated carbocycles. The van der Waals surface area contributed by atoms with E-state index in [2.05, 4.69) is 0 Å². The van der Waals surface area contributed by atoms with Crippen LogP contribution in [0.5, 0.6) is 0 Å². The Labute approximate surface area is 137 Å². The minimum atomic E-state index is -3.67. The van der Waals surface area contributed by atoms with Crippen LogP contribution in [0.4, 0.5) is 8.78 Å². The number of likely N-dealkylation sites (tertiary alicyclic amines) is 1. The lowest BCUT2D eigenvalue weighted by Gasteiger charge is -2.31. The number of unbranched alkanes of at least 4 members (excludes halogenated alkanes) is 2. The first-order valence-electron chi connectivity index (χ1n) is 8.49. The van der Waals surface area contributed by atoms with Crippen LogP contribution in [0, 0.1) is 5.41 Å². The van der Waals surface area contributed by atoms with Crippen molar-refractivity contribution >= 4 is 11.9 Å². The van der Waals surface area contributed by atoms with E-state index in [0.29, 0.717) is 19.5 Å². The highest BCUT2D eigenvalue weighted by molar-refractivity contribution is 5.85. The number of rotatable bonds is 7. The molecule has 1 amide bonds. The predicted molar refractivity (Wildman–Crippen MR) is 84.2 cm³/mol. The van der Waals surface area contributed by atoms with Crippen LogP contribution >= 0.6 is 0 Å². The maximum Gasteiger partial charge on any atom is 0.360 e. The van der Waals surface area contributed by atoms with Crippen molar-refractivity contribution in [2.75, 3.05) is 13.1 Å². The van der Waals surface area contributed by atoms with Crippen LogP contribution in [-0.4, -0.2) is 41.9 Å². The molecule has 1 heterocycles. The van der Waals surface area contributed by atoms with Crippen LogP contribution in [-0.2, 0) is 14.3 Å². The van der Waals surface area contributed by atoms with Gasteiger partial charge in [-0.05, 0) is 46.5 Å². The van der Waals surface area contributed by atoms with Crippen molar-refractivity contribution in [1.29, 1.82) is 0 Å². The molecule has 6 heteroatoms. The summed E-state index contributed by atoms with van der Waals surface area (Å²) in [7, 11) is 0. The number of carbonyl (C=O) groups excluding carboxylic acids is 2. The van der Waals surface area contributed by atoms with Crippen molar-refractivity contribution in [3.05, 3.63) is 0 Å². The molecule has 4 nitrogen and oxygen atoms in total. The van der Waals surface area contributed by atoms with Crippen LogP contribution in [0.2, 0.25) is 0 Å². The number of halogens is 2. The SMILES string of the molecule is CCCCCC(OC(=O)C(C)(C)C)C(F)(F)C(=O)N1CCCC1. The van der Waals surface area contributed by atoms with Crippen molar-refractivity contribution in [1.82, 2.24) is 4.90 Å². The van der Waals surface area contributed by atoms with Gasteiger partial charge in [-0.15, -0.1) is 0 Å². The van der Waals surface area contributed by atoms with Crippen molar-refractivity contribution in [2.45, 2.75) is 78.2 Å². The van der Waals surface area contributed by atoms with Crippen molar-refractivity contribution in [2.24, 2.45) is 5.41 Å². The van der Waals surface area contributed by atoms with Gasteiger partial charge in [-0.25, -0.2) is 0 Å². The minimum Gasteiger partial charge on any atom is -0.455 e. The lowest BCUT2D eigenvalue weighted by Crippen LogP contribution is -2.51. The Kier molecular flexibility index (Phi) is 6.96. The zero-order valence-electron chi connectivity index (χ0n) is 14.7. The zero-order chi connectivity index (χ0) is 17.7. The molecule has 1 fully saturated rings. The van der Waals surface area contributed by atoms with Gasteiger partial charge in [0, 0.05) is 13.1 Å². The zero-order valence-corrected chi connectivity index (χ0v) is 14.7. The van der Waals surface area contributed by atoms with Gasteiger partial charge >= 0.3 is 11.9 Å². The van der Waals surface area contributed by atoms with E-state index >= 15 is 0 Å². The van der Waals surface area contributed by atoms with Crippen molar-refractivity contribution < 1.29 is 23.1 Å². The molecule has 0 aliphatic carbocycles. The molecule has 1 rings (SSSR count). The molecule has 0 N–H and O–H groups in total. The summed E-state index contributed by atoms with van der Waals surface area (Å²) in [5, 5.41) is 0. The quantitative estimate of drug-likeness (QED) is 0.526. The average molecular weight is 333 g/mol. The maximum atomic E-state index is 14.6. The summed E-state index contributed by atoms with van der Waals surface area (Å²) in [6, 6.07) is 0. The summed E-state index contributed by atoms with van der Waals surface area (Å²) in [4.78, 5) is 25.4. The molecule has 0 bridgehead atoms. The Balaban J connectivity index is 2.86. The Hall–Kier alpha value is -1.20.